The van der Waals surface area contributed by atoms with Gasteiger partial charge in [-0.3, -0.25) is 9.59 Å². The van der Waals surface area contributed by atoms with Crippen molar-refractivity contribution in [3.63, 3.8) is 0 Å². The van der Waals surface area contributed by atoms with E-state index >= 15 is 0 Å². The number of urea groups is 1. The van der Waals surface area contributed by atoms with Crippen molar-refractivity contribution in [2.75, 3.05) is 32.5 Å². The van der Waals surface area contributed by atoms with Crippen molar-refractivity contribution in [3.05, 3.63) is 35.7 Å². The van der Waals surface area contributed by atoms with Crippen molar-refractivity contribution >= 4 is 33.6 Å². The van der Waals surface area contributed by atoms with Gasteiger partial charge < -0.3 is 15.1 Å². The van der Waals surface area contributed by atoms with Crippen molar-refractivity contribution in [1.82, 2.24) is 14.1 Å². The van der Waals surface area contributed by atoms with Crippen LogP contribution in [0, 0.1) is 11.7 Å². The third-order valence-electron chi connectivity index (χ3n) is 5.34. The first kappa shape index (κ1) is 19.4. The summed E-state index contributed by atoms with van der Waals surface area (Å²) in [4.78, 5) is 40.0. The largest absolute Gasteiger partial charge is 0.345 e. The van der Waals surface area contributed by atoms with Crippen LogP contribution in [0.4, 0.5) is 14.9 Å². The third-order valence-corrected chi connectivity index (χ3v) is 7.11. The normalized spacial score (nSPS) is 24.1. The highest BCUT2D eigenvalue weighted by Crippen LogP contribution is 2.38. The lowest BCUT2D eigenvalue weighted by atomic mass is 10.1. The van der Waals surface area contributed by atoms with E-state index in [1.54, 1.807) is 14.1 Å². The topological polar surface area (TPSA) is 107 Å². The summed E-state index contributed by atoms with van der Waals surface area (Å²) in [6.45, 7) is -0.370. The number of hydrogen-bond donors (Lipinski definition) is 1. The second-order valence-corrected chi connectivity index (χ2v) is 9.29. The fourth-order valence-electron chi connectivity index (χ4n) is 3.99. The molecule has 1 fully saturated rings. The highest BCUT2D eigenvalue weighted by molar-refractivity contribution is 7.90. The van der Waals surface area contributed by atoms with Crippen LogP contribution in [0.1, 0.15) is 6.42 Å². The smallest absolute Gasteiger partial charge is 0.336 e. The number of sulfonamides is 1. The Kier molecular flexibility index (Phi) is 4.37. The van der Waals surface area contributed by atoms with E-state index < -0.39 is 45.3 Å². The Labute approximate surface area is 166 Å². The van der Waals surface area contributed by atoms with Gasteiger partial charge in [0.05, 0.1) is 11.7 Å². The van der Waals surface area contributed by atoms with Gasteiger partial charge in [0.15, 0.2) is 0 Å². The molecular formula is C18H19FN4O5S. The van der Waals surface area contributed by atoms with Gasteiger partial charge in [0.25, 0.3) is 15.9 Å². The van der Waals surface area contributed by atoms with Crippen LogP contribution in [-0.4, -0.2) is 73.6 Å². The van der Waals surface area contributed by atoms with Gasteiger partial charge in [0.2, 0.25) is 5.91 Å². The molecule has 9 nitrogen and oxygen atoms in total. The molecule has 4 amide bonds. The van der Waals surface area contributed by atoms with Crippen molar-refractivity contribution in [3.8, 4) is 0 Å². The molecule has 2 aliphatic heterocycles. The maximum Gasteiger partial charge on any atom is 0.336 e. The number of nitrogens with one attached hydrogen (secondary N) is 1. The SMILES string of the molecule is CN(C)C(=O)C1=C[C@@H]2C[C@H]1N(C(=O)CN1C(=O)Nc3ccc(F)cc3S1(=O)=O)C2. The molecule has 154 valence electrons. The van der Waals surface area contributed by atoms with Gasteiger partial charge in [-0.05, 0) is 30.5 Å². The van der Waals surface area contributed by atoms with E-state index in [9.17, 15) is 27.2 Å². The number of amides is 4. The molecule has 2 bridgehead atoms. The van der Waals surface area contributed by atoms with Crippen molar-refractivity contribution in [1.29, 1.82) is 0 Å². The highest BCUT2D eigenvalue weighted by atomic mass is 32.2. The molecule has 29 heavy (non-hydrogen) atoms. The minimum absolute atomic E-state index is 0.0180. The first-order valence-electron chi connectivity index (χ1n) is 8.95. The zero-order valence-electron chi connectivity index (χ0n) is 15.8. The highest BCUT2D eigenvalue weighted by Gasteiger charge is 2.46. The molecule has 1 aromatic carbocycles. The summed E-state index contributed by atoms with van der Waals surface area (Å²) in [5, 5.41) is 2.36. The first-order valence-corrected chi connectivity index (χ1v) is 10.4. The van der Waals surface area contributed by atoms with Crippen molar-refractivity contribution in [2.45, 2.75) is 17.4 Å². The molecule has 1 saturated heterocycles. The molecule has 1 aliphatic carbocycles. The second-order valence-electron chi connectivity index (χ2n) is 7.46. The molecule has 0 spiro atoms. The molecule has 11 heteroatoms. The van der Waals surface area contributed by atoms with Gasteiger partial charge in [-0.15, -0.1) is 0 Å². The van der Waals surface area contributed by atoms with Crippen molar-refractivity contribution in [2.24, 2.45) is 5.92 Å². The lowest BCUT2D eigenvalue weighted by molar-refractivity contribution is -0.132. The molecule has 1 N–H and O–H groups in total. The third kappa shape index (κ3) is 3.05. The number of carbonyl (C=O) groups excluding carboxylic acids is 3. The van der Waals surface area contributed by atoms with Gasteiger partial charge >= 0.3 is 6.03 Å². The van der Waals surface area contributed by atoms with E-state index in [0.717, 1.165) is 18.2 Å². The fraction of sp³-hybridized carbons (Fsp3) is 0.389. The molecule has 2 atom stereocenters. The molecule has 4 rings (SSSR count). The number of fused-ring (bicyclic) bond motifs is 3. The summed E-state index contributed by atoms with van der Waals surface area (Å²) in [6.07, 6.45) is 2.44. The Morgan fingerprint density at radius 2 is 2.03 bits per heavy atom. The Hall–Kier alpha value is -2.95. The molecule has 0 aromatic heterocycles. The fourth-order valence-corrected chi connectivity index (χ4v) is 5.43. The number of hydrogen-bond acceptors (Lipinski definition) is 5. The molecule has 0 unspecified atom stereocenters. The number of likely N-dealkylation sites (tertiary alicyclic amines) is 1. The first-order chi connectivity index (χ1) is 13.6. The predicted molar refractivity (Wildman–Crippen MR) is 99.7 cm³/mol. The van der Waals surface area contributed by atoms with Gasteiger partial charge in [-0.2, -0.15) is 0 Å². The van der Waals surface area contributed by atoms with E-state index in [4.69, 9.17) is 0 Å². The minimum Gasteiger partial charge on any atom is -0.345 e. The van der Waals surface area contributed by atoms with Crippen LogP contribution in [0.3, 0.4) is 0 Å². The molecule has 1 aromatic rings. The minimum atomic E-state index is -4.39. The number of benzene rings is 1. The van der Waals surface area contributed by atoms with E-state index in [1.807, 2.05) is 6.08 Å². The van der Waals surface area contributed by atoms with Crippen molar-refractivity contribution < 1.29 is 27.2 Å². The molecule has 2 heterocycles. The maximum absolute atomic E-state index is 13.5. The molecule has 0 radical (unpaired) electrons. The van der Waals surface area contributed by atoms with Gasteiger partial charge in [0, 0.05) is 26.2 Å². The Morgan fingerprint density at radius 3 is 2.69 bits per heavy atom. The summed E-state index contributed by atoms with van der Waals surface area (Å²) >= 11 is 0. The summed E-state index contributed by atoms with van der Waals surface area (Å²) in [5.41, 5.74) is 0.458. The monoisotopic (exact) mass is 422 g/mol. The zero-order valence-corrected chi connectivity index (χ0v) is 16.6. The van der Waals surface area contributed by atoms with E-state index in [0.29, 0.717) is 22.8 Å². The van der Waals surface area contributed by atoms with E-state index in [1.165, 1.54) is 9.80 Å². The number of nitrogens with zero attached hydrogens (tertiary/aromatic N) is 3. The molecular weight excluding hydrogens is 403 g/mol. The summed E-state index contributed by atoms with van der Waals surface area (Å²) in [6, 6.07) is 1.56. The van der Waals surface area contributed by atoms with Crippen LogP contribution < -0.4 is 5.32 Å². The van der Waals surface area contributed by atoms with Gasteiger partial charge in [0.1, 0.15) is 17.3 Å². The predicted octanol–water partition coefficient (Wildman–Crippen LogP) is 0.607. The van der Waals surface area contributed by atoms with Crippen LogP contribution in [0.15, 0.2) is 34.7 Å². The van der Waals surface area contributed by atoms with Gasteiger partial charge in [-0.1, -0.05) is 6.08 Å². The Bertz CT molecular complexity index is 1070. The average molecular weight is 422 g/mol. The lowest BCUT2D eigenvalue weighted by Crippen LogP contribution is -2.51. The maximum atomic E-state index is 13.5. The number of carbonyl (C=O) groups is 3. The quantitative estimate of drug-likeness (QED) is 0.768. The summed E-state index contributed by atoms with van der Waals surface area (Å²) < 4.78 is 39.5. The van der Waals surface area contributed by atoms with Crippen LogP contribution in [0.2, 0.25) is 0 Å². The number of likely N-dealkylation sites (N-methyl/N-ethyl adjacent to an activating group) is 1. The summed E-state index contributed by atoms with van der Waals surface area (Å²) in [5.74, 6) is -1.55. The van der Waals surface area contributed by atoms with Crippen LogP contribution in [0.5, 0.6) is 0 Å². The Morgan fingerprint density at radius 1 is 1.31 bits per heavy atom. The van der Waals surface area contributed by atoms with E-state index in [2.05, 4.69) is 5.32 Å². The summed E-state index contributed by atoms with van der Waals surface area (Å²) in [7, 11) is -1.16. The van der Waals surface area contributed by atoms with E-state index in [-0.39, 0.29) is 17.5 Å². The van der Waals surface area contributed by atoms with Gasteiger partial charge in [-0.25, -0.2) is 21.9 Å². The number of halogens is 1. The zero-order chi connectivity index (χ0) is 21.1. The number of anilines is 1. The average Bonchev–Trinajstić information content (AvgIpc) is 3.26. The molecule has 3 aliphatic rings. The van der Waals surface area contributed by atoms with Crippen LogP contribution in [0.25, 0.3) is 0 Å². The second kappa shape index (κ2) is 6.55. The number of rotatable bonds is 3. The Balaban J connectivity index is 1.57. The molecule has 0 saturated carbocycles. The lowest BCUT2D eigenvalue weighted by Gasteiger charge is -2.33. The van der Waals surface area contributed by atoms with Crippen LogP contribution >= 0.6 is 0 Å². The standard InChI is InChI=1S/C18H19FN4O5S/c1-21(2)17(25)12-5-10-6-14(12)22(8-10)16(24)9-23-18(26)20-13-4-3-11(19)7-15(13)29(23,27)28/h3-5,7,10,14H,6,8-9H2,1-2H3,(H,20,26)/t10-,14-/m1/s1. The van der Waals surface area contributed by atoms with Crippen LogP contribution in [-0.2, 0) is 19.6 Å².